The van der Waals surface area contributed by atoms with Gasteiger partial charge < -0.3 is 9.64 Å². The lowest BCUT2D eigenvalue weighted by atomic mass is 9.81. The van der Waals surface area contributed by atoms with Crippen LogP contribution in [0.5, 0.6) is 0 Å². The zero-order valence-corrected chi connectivity index (χ0v) is 19.2. The second kappa shape index (κ2) is 9.26. The highest BCUT2D eigenvalue weighted by Crippen LogP contribution is 2.38. The number of carbonyl (C=O) groups is 4. The molecule has 0 N–H and O–H groups in total. The first-order valence-electron chi connectivity index (χ1n) is 11.0. The molecule has 3 aliphatic rings. The van der Waals surface area contributed by atoms with Crippen molar-refractivity contribution in [2.24, 2.45) is 17.8 Å². The van der Waals surface area contributed by atoms with Crippen LogP contribution < -0.4 is 0 Å². The molecule has 2 saturated heterocycles. The number of hydrogen-bond acceptors (Lipinski definition) is 7. The van der Waals surface area contributed by atoms with Crippen molar-refractivity contribution in [3.63, 3.8) is 0 Å². The van der Waals surface area contributed by atoms with Crippen molar-refractivity contribution in [1.82, 2.24) is 9.80 Å². The van der Waals surface area contributed by atoms with Gasteiger partial charge in [0.1, 0.15) is 6.04 Å². The number of sulfone groups is 1. The van der Waals surface area contributed by atoms with Crippen LogP contribution in [0.4, 0.5) is 0 Å². The highest BCUT2D eigenvalue weighted by molar-refractivity contribution is 7.91. The summed E-state index contributed by atoms with van der Waals surface area (Å²) in [5.41, 5.74) is 0. The topological polar surface area (TPSA) is 118 Å². The number of amides is 3. The number of fused-ring (bicyclic) bond motifs is 1. The fraction of sp³-hybridized carbons (Fsp3) is 0.810. The van der Waals surface area contributed by atoms with E-state index in [1.807, 2.05) is 13.8 Å². The van der Waals surface area contributed by atoms with Gasteiger partial charge in [-0.3, -0.25) is 19.3 Å². The summed E-state index contributed by atoms with van der Waals surface area (Å²) >= 11 is 0. The molecule has 0 aromatic heterocycles. The molecular formula is C21H32N2O7S. The Morgan fingerprint density at radius 2 is 1.65 bits per heavy atom. The highest BCUT2D eigenvalue weighted by Gasteiger charge is 2.51. The summed E-state index contributed by atoms with van der Waals surface area (Å²) < 4.78 is 28.8. The maximum atomic E-state index is 12.8. The quantitative estimate of drug-likeness (QED) is 0.410. The van der Waals surface area contributed by atoms with E-state index in [4.69, 9.17) is 4.74 Å². The molecule has 174 valence electrons. The van der Waals surface area contributed by atoms with Gasteiger partial charge in [0.05, 0.1) is 23.3 Å². The Bertz CT molecular complexity index is 830. The number of hydrogen-bond donors (Lipinski definition) is 0. The number of nitrogens with zero attached hydrogens (tertiary/aromatic N) is 2. The Labute approximate surface area is 183 Å². The van der Waals surface area contributed by atoms with Crippen LogP contribution in [0.3, 0.4) is 0 Å². The molecule has 2 aliphatic heterocycles. The molecule has 9 nitrogen and oxygen atoms in total. The lowest BCUT2D eigenvalue weighted by Crippen LogP contribution is -2.47. The van der Waals surface area contributed by atoms with Gasteiger partial charge in [-0.25, -0.2) is 13.2 Å². The minimum Gasteiger partial charge on any atom is -0.454 e. The van der Waals surface area contributed by atoms with E-state index in [0.29, 0.717) is 25.8 Å². The van der Waals surface area contributed by atoms with Gasteiger partial charge in [0, 0.05) is 12.6 Å². The van der Waals surface area contributed by atoms with Crippen LogP contribution in [0.2, 0.25) is 0 Å². The standard InChI is InChI=1S/C21H32N2O7S/c1-13(2)10-22(15-8-9-31(28,29)12-15)18(24)11-30-21(27)14(3)23-19(25)16-6-4-5-7-17(16)20(23)26/h13-17H,4-12H2,1-3H3. The lowest BCUT2D eigenvalue weighted by Gasteiger charge is -2.30. The molecule has 0 aromatic rings. The van der Waals surface area contributed by atoms with Crippen LogP contribution in [0.1, 0.15) is 52.9 Å². The third-order valence-corrected chi connectivity index (χ3v) is 8.22. The minimum atomic E-state index is -3.17. The van der Waals surface area contributed by atoms with Gasteiger partial charge in [0.15, 0.2) is 16.4 Å². The minimum absolute atomic E-state index is 0.0396. The molecule has 2 heterocycles. The Kier molecular flexibility index (Phi) is 7.08. The fourth-order valence-electron chi connectivity index (χ4n) is 4.88. The summed E-state index contributed by atoms with van der Waals surface area (Å²) in [5.74, 6) is -2.58. The predicted octanol–water partition coefficient (Wildman–Crippen LogP) is 0.765. The highest BCUT2D eigenvalue weighted by atomic mass is 32.2. The first-order valence-corrected chi connectivity index (χ1v) is 12.9. The van der Waals surface area contributed by atoms with Crippen molar-refractivity contribution in [2.45, 2.75) is 65.0 Å². The molecule has 0 spiro atoms. The Morgan fingerprint density at radius 1 is 1.06 bits per heavy atom. The molecule has 3 rings (SSSR count). The van der Waals surface area contributed by atoms with Gasteiger partial charge >= 0.3 is 5.97 Å². The van der Waals surface area contributed by atoms with Crippen LogP contribution >= 0.6 is 0 Å². The number of esters is 1. The SMILES string of the molecule is CC(C)CN(C(=O)COC(=O)C(C)N1C(=O)C2CCCCC2C1=O)C1CCS(=O)(=O)C1. The molecule has 4 atom stereocenters. The van der Waals surface area contributed by atoms with Gasteiger partial charge in [0.2, 0.25) is 11.8 Å². The molecule has 3 fully saturated rings. The number of carbonyl (C=O) groups excluding carboxylic acids is 4. The van der Waals surface area contributed by atoms with Gasteiger partial charge in [-0.15, -0.1) is 0 Å². The van der Waals surface area contributed by atoms with E-state index in [1.54, 1.807) is 0 Å². The van der Waals surface area contributed by atoms with E-state index in [2.05, 4.69) is 0 Å². The molecule has 1 saturated carbocycles. The molecule has 1 aliphatic carbocycles. The number of rotatable bonds is 7. The Balaban J connectivity index is 1.61. The Morgan fingerprint density at radius 3 is 2.13 bits per heavy atom. The summed E-state index contributed by atoms with van der Waals surface area (Å²) in [4.78, 5) is 53.1. The molecule has 3 amide bonds. The first-order chi connectivity index (χ1) is 14.5. The van der Waals surface area contributed by atoms with Crippen molar-refractivity contribution in [3.8, 4) is 0 Å². The van der Waals surface area contributed by atoms with E-state index >= 15 is 0 Å². The van der Waals surface area contributed by atoms with Gasteiger partial charge in [0.25, 0.3) is 5.91 Å². The molecule has 4 unspecified atom stereocenters. The van der Waals surface area contributed by atoms with Crippen molar-refractivity contribution >= 4 is 33.5 Å². The average molecular weight is 457 g/mol. The smallest absolute Gasteiger partial charge is 0.329 e. The van der Waals surface area contributed by atoms with Crippen LogP contribution in [0.15, 0.2) is 0 Å². The first kappa shape index (κ1) is 23.7. The maximum absolute atomic E-state index is 12.8. The van der Waals surface area contributed by atoms with Crippen molar-refractivity contribution in [2.75, 3.05) is 24.7 Å². The zero-order valence-electron chi connectivity index (χ0n) is 18.4. The fourth-order valence-corrected chi connectivity index (χ4v) is 6.61. The molecular weight excluding hydrogens is 424 g/mol. The van der Waals surface area contributed by atoms with Gasteiger partial charge in [-0.05, 0) is 32.1 Å². The summed E-state index contributed by atoms with van der Waals surface area (Å²) in [6, 6.07) is -1.52. The third kappa shape index (κ3) is 5.10. The summed E-state index contributed by atoms with van der Waals surface area (Å²) in [6.07, 6.45) is 3.46. The van der Waals surface area contributed by atoms with E-state index < -0.39 is 40.4 Å². The summed E-state index contributed by atoms with van der Waals surface area (Å²) in [6.45, 7) is 5.09. The second-order valence-corrected chi connectivity index (χ2v) is 11.6. The van der Waals surface area contributed by atoms with E-state index in [0.717, 1.165) is 17.7 Å². The third-order valence-electron chi connectivity index (χ3n) is 6.47. The van der Waals surface area contributed by atoms with Crippen molar-refractivity contribution in [1.29, 1.82) is 0 Å². The molecule has 0 radical (unpaired) electrons. The van der Waals surface area contributed by atoms with Gasteiger partial charge in [-0.1, -0.05) is 26.7 Å². The van der Waals surface area contributed by atoms with Crippen LogP contribution in [0.25, 0.3) is 0 Å². The average Bonchev–Trinajstić information content (AvgIpc) is 3.20. The number of ether oxygens (including phenoxy) is 1. The Hall–Kier alpha value is -1.97. The normalized spacial score (nSPS) is 28.5. The molecule has 10 heteroatoms. The largest absolute Gasteiger partial charge is 0.454 e. The molecule has 0 bridgehead atoms. The van der Waals surface area contributed by atoms with Crippen LogP contribution in [-0.2, 0) is 33.8 Å². The number of likely N-dealkylation sites (tertiary alicyclic amines) is 1. The van der Waals surface area contributed by atoms with E-state index in [9.17, 15) is 27.6 Å². The van der Waals surface area contributed by atoms with Crippen molar-refractivity contribution in [3.05, 3.63) is 0 Å². The van der Waals surface area contributed by atoms with Crippen LogP contribution in [0, 0.1) is 17.8 Å². The lowest BCUT2D eigenvalue weighted by molar-refractivity contribution is -0.161. The van der Waals surface area contributed by atoms with E-state index in [1.165, 1.54) is 11.8 Å². The molecule has 31 heavy (non-hydrogen) atoms. The van der Waals surface area contributed by atoms with Gasteiger partial charge in [-0.2, -0.15) is 0 Å². The summed E-state index contributed by atoms with van der Waals surface area (Å²) in [5, 5.41) is 0. The monoisotopic (exact) mass is 456 g/mol. The van der Waals surface area contributed by atoms with Crippen molar-refractivity contribution < 1.29 is 32.3 Å². The zero-order chi connectivity index (χ0) is 22.9. The van der Waals surface area contributed by atoms with Crippen LogP contribution in [-0.4, -0.2) is 78.6 Å². The molecule has 0 aromatic carbocycles. The predicted molar refractivity (Wildman–Crippen MR) is 111 cm³/mol. The number of imide groups is 1. The summed E-state index contributed by atoms with van der Waals surface area (Å²) in [7, 11) is -3.17. The second-order valence-electron chi connectivity index (χ2n) is 9.32. The maximum Gasteiger partial charge on any atom is 0.329 e. The van der Waals surface area contributed by atoms with E-state index in [-0.39, 0.29) is 41.1 Å².